The Morgan fingerprint density at radius 1 is 0.914 bits per heavy atom. The second-order valence-electron chi connectivity index (χ2n) is 8.00. The van der Waals surface area contributed by atoms with Crippen LogP contribution in [0.5, 0.6) is 11.5 Å². The first-order valence-corrected chi connectivity index (χ1v) is 11.6. The van der Waals surface area contributed by atoms with E-state index in [1.54, 1.807) is 37.4 Å². The molecule has 3 aromatic rings. The molecule has 0 spiro atoms. The van der Waals surface area contributed by atoms with E-state index in [1.807, 2.05) is 24.3 Å². The van der Waals surface area contributed by atoms with Crippen molar-refractivity contribution in [2.75, 3.05) is 20.8 Å². The number of Topliss-reactive ketones (excluding diaryl/α,β-unsaturated/α-hetero) is 1. The maximum atomic E-state index is 13.2. The van der Waals surface area contributed by atoms with Crippen LogP contribution in [-0.2, 0) is 16.0 Å². The van der Waals surface area contributed by atoms with Crippen LogP contribution in [0.4, 0.5) is 0 Å². The van der Waals surface area contributed by atoms with Crippen molar-refractivity contribution in [3.8, 4) is 11.5 Å². The molecule has 0 bridgehead atoms. The zero-order valence-corrected chi connectivity index (χ0v) is 20.6. The van der Waals surface area contributed by atoms with E-state index < -0.39 is 17.7 Å². The van der Waals surface area contributed by atoms with E-state index in [2.05, 4.69) is 0 Å². The number of aliphatic hydroxyl groups excluding tert-OH is 1. The summed E-state index contributed by atoms with van der Waals surface area (Å²) in [6.07, 6.45) is 0.504. The fraction of sp³-hybridized carbons (Fsp3) is 0.185. The largest absolute Gasteiger partial charge is 0.507 e. The van der Waals surface area contributed by atoms with Crippen LogP contribution in [0.25, 0.3) is 5.76 Å². The van der Waals surface area contributed by atoms with Crippen molar-refractivity contribution >= 4 is 40.7 Å². The van der Waals surface area contributed by atoms with E-state index in [-0.39, 0.29) is 22.9 Å². The molecule has 1 saturated heterocycles. The molecule has 1 unspecified atom stereocenters. The van der Waals surface area contributed by atoms with Crippen molar-refractivity contribution in [1.82, 2.24) is 4.90 Å². The predicted molar refractivity (Wildman–Crippen MR) is 135 cm³/mol. The lowest BCUT2D eigenvalue weighted by Crippen LogP contribution is -2.31. The number of carbonyl (C=O) groups is 2. The fourth-order valence-corrected chi connectivity index (χ4v) is 4.41. The topological polar surface area (TPSA) is 76.1 Å². The number of methoxy groups -OCH3 is 2. The van der Waals surface area contributed by atoms with Crippen LogP contribution >= 0.6 is 23.2 Å². The smallest absolute Gasteiger partial charge is 0.295 e. The maximum absolute atomic E-state index is 13.2. The summed E-state index contributed by atoms with van der Waals surface area (Å²) in [5.41, 5.74) is 1.89. The van der Waals surface area contributed by atoms with Crippen LogP contribution in [0.3, 0.4) is 0 Å². The van der Waals surface area contributed by atoms with Gasteiger partial charge in [-0.3, -0.25) is 9.59 Å². The number of hydrogen-bond acceptors (Lipinski definition) is 5. The number of ether oxygens (including phenoxy) is 2. The first kappa shape index (κ1) is 24.6. The molecule has 35 heavy (non-hydrogen) atoms. The zero-order chi connectivity index (χ0) is 25.1. The van der Waals surface area contributed by atoms with Crippen LogP contribution in [-0.4, -0.2) is 42.5 Å². The number of ketones is 1. The summed E-state index contributed by atoms with van der Waals surface area (Å²) in [5.74, 6) is -0.476. The maximum Gasteiger partial charge on any atom is 0.295 e. The van der Waals surface area contributed by atoms with Crippen LogP contribution < -0.4 is 9.47 Å². The van der Waals surface area contributed by atoms with Gasteiger partial charge in [-0.05, 0) is 60.0 Å². The molecule has 8 heteroatoms. The van der Waals surface area contributed by atoms with Gasteiger partial charge in [0.25, 0.3) is 11.7 Å². The second-order valence-corrected chi connectivity index (χ2v) is 8.81. The number of amides is 1. The van der Waals surface area contributed by atoms with Crippen LogP contribution in [0, 0.1) is 0 Å². The summed E-state index contributed by atoms with van der Waals surface area (Å²) in [5, 5.41) is 11.7. The van der Waals surface area contributed by atoms with Gasteiger partial charge >= 0.3 is 0 Å². The minimum Gasteiger partial charge on any atom is -0.507 e. The monoisotopic (exact) mass is 511 g/mol. The number of hydrogen-bond donors (Lipinski definition) is 1. The third-order valence-corrected chi connectivity index (χ3v) is 6.68. The summed E-state index contributed by atoms with van der Waals surface area (Å²) >= 11 is 12.2. The minimum atomic E-state index is -0.808. The molecule has 1 N–H and O–H groups in total. The van der Waals surface area contributed by atoms with Crippen molar-refractivity contribution in [2.45, 2.75) is 12.5 Å². The molecule has 0 radical (unpaired) electrons. The molecule has 4 rings (SSSR count). The number of nitrogens with zero attached hydrogens (tertiary/aromatic N) is 1. The normalized spacial score (nSPS) is 17.0. The SMILES string of the molecule is COc1ccc(CCN2C(=O)C(=O)/C(=C(\O)c3ccc(Cl)c(Cl)c3)C2c2cccc(OC)c2)cc1. The van der Waals surface area contributed by atoms with Gasteiger partial charge in [-0.1, -0.05) is 47.5 Å². The molecular formula is C27H23Cl2NO5. The molecule has 1 aliphatic rings. The number of aliphatic hydroxyl groups is 1. The lowest BCUT2D eigenvalue weighted by molar-refractivity contribution is -0.139. The molecule has 1 amide bonds. The highest BCUT2D eigenvalue weighted by Gasteiger charge is 2.46. The van der Waals surface area contributed by atoms with Gasteiger partial charge in [0, 0.05) is 12.1 Å². The van der Waals surface area contributed by atoms with Gasteiger partial charge in [-0.25, -0.2) is 0 Å². The molecular weight excluding hydrogens is 489 g/mol. The standard InChI is InChI=1S/C27H23Cl2NO5/c1-34-19-9-6-16(7-10-19)12-13-30-24(17-4-3-5-20(14-17)35-2)23(26(32)27(30)33)25(31)18-8-11-21(28)22(29)15-18/h3-11,14-15,24,31H,12-13H2,1-2H3/b25-23-. The van der Waals surface area contributed by atoms with E-state index in [9.17, 15) is 14.7 Å². The highest BCUT2D eigenvalue weighted by Crippen LogP contribution is 2.41. The van der Waals surface area contributed by atoms with Crippen LogP contribution in [0.2, 0.25) is 10.0 Å². The number of carbonyl (C=O) groups excluding carboxylic acids is 2. The predicted octanol–water partition coefficient (Wildman–Crippen LogP) is 5.68. The number of likely N-dealkylation sites (tertiary alicyclic amines) is 1. The quantitative estimate of drug-likeness (QED) is 0.251. The number of halogens is 2. The highest BCUT2D eigenvalue weighted by atomic mass is 35.5. The van der Waals surface area contributed by atoms with Gasteiger partial charge in [0.05, 0.1) is 35.9 Å². The third kappa shape index (κ3) is 4.99. The summed E-state index contributed by atoms with van der Waals surface area (Å²) in [6.45, 7) is 0.261. The Kier molecular flexibility index (Phi) is 7.34. The first-order chi connectivity index (χ1) is 16.8. The summed E-state index contributed by atoms with van der Waals surface area (Å²) in [7, 11) is 3.13. The lowest BCUT2D eigenvalue weighted by atomic mass is 9.95. The molecule has 3 aromatic carbocycles. The number of benzene rings is 3. The van der Waals surface area contributed by atoms with Gasteiger partial charge in [0.15, 0.2) is 0 Å². The van der Waals surface area contributed by atoms with Crippen molar-refractivity contribution in [3.63, 3.8) is 0 Å². The summed E-state index contributed by atoms with van der Waals surface area (Å²) in [6, 6.07) is 18.3. The van der Waals surface area contributed by atoms with E-state index >= 15 is 0 Å². The fourth-order valence-electron chi connectivity index (χ4n) is 4.11. The van der Waals surface area contributed by atoms with Gasteiger partial charge in [0.1, 0.15) is 17.3 Å². The molecule has 1 atom stereocenters. The Morgan fingerprint density at radius 3 is 2.29 bits per heavy atom. The molecule has 180 valence electrons. The van der Waals surface area contributed by atoms with Crippen molar-refractivity contribution in [3.05, 3.63) is 99.0 Å². The van der Waals surface area contributed by atoms with Gasteiger partial charge < -0.3 is 19.5 Å². The zero-order valence-electron chi connectivity index (χ0n) is 19.1. The van der Waals surface area contributed by atoms with Crippen molar-refractivity contribution in [1.29, 1.82) is 0 Å². The van der Waals surface area contributed by atoms with Gasteiger partial charge in [0.2, 0.25) is 0 Å². The van der Waals surface area contributed by atoms with Crippen LogP contribution in [0.1, 0.15) is 22.7 Å². The molecule has 1 fully saturated rings. The van der Waals surface area contributed by atoms with Crippen molar-refractivity contribution in [2.24, 2.45) is 0 Å². The Labute approximate surface area is 213 Å². The summed E-state index contributed by atoms with van der Waals surface area (Å²) < 4.78 is 10.6. The minimum absolute atomic E-state index is 0.0172. The molecule has 1 heterocycles. The first-order valence-electron chi connectivity index (χ1n) is 10.8. The Balaban J connectivity index is 1.77. The Hall–Kier alpha value is -3.48. The van der Waals surface area contributed by atoms with E-state index in [0.29, 0.717) is 28.3 Å². The molecule has 1 aliphatic heterocycles. The molecule has 0 aliphatic carbocycles. The molecule has 0 saturated carbocycles. The number of rotatable bonds is 7. The van der Waals surface area contributed by atoms with Crippen LogP contribution in [0.15, 0.2) is 72.3 Å². The Bertz CT molecular complexity index is 1300. The Morgan fingerprint density at radius 2 is 1.63 bits per heavy atom. The molecule has 0 aromatic heterocycles. The third-order valence-electron chi connectivity index (χ3n) is 5.94. The second kappa shape index (κ2) is 10.4. The van der Waals surface area contributed by atoms with Crippen molar-refractivity contribution < 1.29 is 24.2 Å². The van der Waals surface area contributed by atoms with E-state index in [1.165, 1.54) is 24.1 Å². The van der Waals surface area contributed by atoms with E-state index in [0.717, 1.165) is 11.3 Å². The lowest BCUT2D eigenvalue weighted by Gasteiger charge is -2.25. The van der Waals surface area contributed by atoms with E-state index in [4.69, 9.17) is 32.7 Å². The highest BCUT2D eigenvalue weighted by molar-refractivity contribution is 6.46. The van der Waals surface area contributed by atoms with Gasteiger partial charge in [-0.15, -0.1) is 0 Å². The van der Waals surface area contributed by atoms with Gasteiger partial charge in [-0.2, -0.15) is 0 Å². The molecule has 6 nitrogen and oxygen atoms in total. The summed E-state index contributed by atoms with van der Waals surface area (Å²) in [4.78, 5) is 27.8. The average Bonchev–Trinajstić information content (AvgIpc) is 3.13. The average molecular weight is 512 g/mol.